The summed E-state index contributed by atoms with van der Waals surface area (Å²) in [7, 11) is 0. The topological polar surface area (TPSA) is 78.9 Å². The molecule has 0 bridgehead atoms. The van der Waals surface area contributed by atoms with Gasteiger partial charge in [0.25, 0.3) is 0 Å². The maximum Gasteiger partial charge on any atom is 0.306 e. The van der Waals surface area contributed by atoms with Crippen molar-refractivity contribution < 1.29 is 28.6 Å². The van der Waals surface area contributed by atoms with Crippen LogP contribution < -0.4 is 0 Å². The van der Waals surface area contributed by atoms with Gasteiger partial charge in [-0.2, -0.15) is 0 Å². The molecule has 0 heterocycles. The molecule has 6 heteroatoms. The summed E-state index contributed by atoms with van der Waals surface area (Å²) in [5, 5.41) is 0. The molecule has 0 aliphatic rings. The van der Waals surface area contributed by atoms with Crippen LogP contribution >= 0.6 is 0 Å². The average Bonchev–Trinajstić information content (AvgIpc) is 3.12. The predicted octanol–water partition coefficient (Wildman–Crippen LogP) is 13.6. The largest absolute Gasteiger partial charge is 0.462 e. The second kappa shape index (κ2) is 40.7. The standard InChI is InChI=1S/C45H82O6/c1-4-7-10-13-16-19-20-21-22-23-24-27-29-32-35-38-44(47)50-41-42(51-45(48)39-36-33-30-26-18-15-12-9-6-3)40-49-43(46)37-34-31-28-25-17-14-11-8-5-2/h16,19,21-22,42H,4-15,17-18,20,23-41H2,1-3H3/b19-16-,22-21-. The smallest absolute Gasteiger partial charge is 0.306 e. The van der Waals surface area contributed by atoms with Crippen molar-refractivity contribution in [3.05, 3.63) is 24.3 Å². The van der Waals surface area contributed by atoms with E-state index in [4.69, 9.17) is 14.2 Å². The summed E-state index contributed by atoms with van der Waals surface area (Å²) in [4.78, 5) is 37.5. The van der Waals surface area contributed by atoms with Gasteiger partial charge in [-0.25, -0.2) is 0 Å². The zero-order chi connectivity index (χ0) is 37.3. The van der Waals surface area contributed by atoms with Crippen molar-refractivity contribution in [1.29, 1.82) is 0 Å². The number of hydrogen-bond acceptors (Lipinski definition) is 6. The Morgan fingerprint density at radius 1 is 0.392 bits per heavy atom. The van der Waals surface area contributed by atoms with Crippen molar-refractivity contribution in [2.45, 2.75) is 232 Å². The van der Waals surface area contributed by atoms with Crippen molar-refractivity contribution in [1.82, 2.24) is 0 Å². The fraction of sp³-hybridized carbons (Fsp3) is 0.844. The van der Waals surface area contributed by atoms with Crippen LogP contribution in [-0.4, -0.2) is 37.2 Å². The average molecular weight is 719 g/mol. The number of ether oxygens (including phenoxy) is 3. The molecule has 298 valence electrons. The molecular weight excluding hydrogens is 636 g/mol. The number of allylic oxidation sites excluding steroid dienone is 4. The summed E-state index contributed by atoms with van der Waals surface area (Å²) in [5.74, 6) is -0.890. The Morgan fingerprint density at radius 2 is 0.706 bits per heavy atom. The molecule has 6 nitrogen and oxygen atoms in total. The first-order chi connectivity index (χ1) is 25.0. The number of carbonyl (C=O) groups excluding carboxylic acids is 3. The van der Waals surface area contributed by atoms with Gasteiger partial charge in [-0.3, -0.25) is 14.4 Å². The molecule has 0 radical (unpaired) electrons. The summed E-state index contributed by atoms with van der Waals surface area (Å²) in [6, 6.07) is 0. The molecule has 0 aromatic heterocycles. The van der Waals surface area contributed by atoms with Gasteiger partial charge in [0.2, 0.25) is 0 Å². The van der Waals surface area contributed by atoms with Crippen LogP contribution in [0.15, 0.2) is 24.3 Å². The Kier molecular flexibility index (Phi) is 39.0. The predicted molar refractivity (Wildman–Crippen MR) is 215 cm³/mol. The summed E-state index contributed by atoms with van der Waals surface area (Å²) < 4.78 is 16.6. The zero-order valence-electron chi connectivity index (χ0n) is 33.9. The van der Waals surface area contributed by atoms with Crippen LogP contribution in [0.3, 0.4) is 0 Å². The molecule has 51 heavy (non-hydrogen) atoms. The Labute approximate surface area is 315 Å². The zero-order valence-corrected chi connectivity index (χ0v) is 33.9. The van der Waals surface area contributed by atoms with E-state index < -0.39 is 6.10 Å². The van der Waals surface area contributed by atoms with Crippen molar-refractivity contribution in [3.8, 4) is 0 Å². The van der Waals surface area contributed by atoms with E-state index in [1.807, 2.05) is 0 Å². The molecule has 0 rings (SSSR count). The Morgan fingerprint density at radius 3 is 1.12 bits per heavy atom. The van der Waals surface area contributed by atoms with Crippen molar-refractivity contribution in [2.24, 2.45) is 0 Å². The highest BCUT2D eigenvalue weighted by atomic mass is 16.6. The van der Waals surface area contributed by atoms with E-state index in [0.29, 0.717) is 19.3 Å². The van der Waals surface area contributed by atoms with Crippen LogP contribution in [0.1, 0.15) is 226 Å². The molecule has 0 aliphatic heterocycles. The second-order valence-electron chi connectivity index (χ2n) is 14.6. The third-order valence-corrected chi connectivity index (χ3v) is 9.46. The minimum absolute atomic E-state index is 0.0727. The summed E-state index contributed by atoms with van der Waals surface area (Å²) >= 11 is 0. The maximum atomic E-state index is 12.6. The summed E-state index contributed by atoms with van der Waals surface area (Å²) in [6.45, 7) is 6.55. The lowest BCUT2D eigenvalue weighted by Crippen LogP contribution is -2.30. The SMILES string of the molecule is CCCCC/C=C\C/C=C\CCCCCCCC(=O)OCC(COC(=O)CCCCCCCCCCC)OC(=O)CCCCCCCCCCC. The number of hydrogen-bond donors (Lipinski definition) is 0. The normalized spacial score (nSPS) is 12.1. The van der Waals surface area contributed by atoms with Gasteiger partial charge in [0.15, 0.2) is 6.10 Å². The molecule has 1 unspecified atom stereocenters. The molecule has 0 saturated carbocycles. The second-order valence-corrected chi connectivity index (χ2v) is 14.6. The van der Waals surface area contributed by atoms with Crippen LogP contribution in [-0.2, 0) is 28.6 Å². The molecule has 0 saturated heterocycles. The van der Waals surface area contributed by atoms with Crippen LogP contribution in [0, 0.1) is 0 Å². The van der Waals surface area contributed by atoms with E-state index >= 15 is 0 Å². The Bertz CT molecular complexity index is 835. The first-order valence-electron chi connectivity index (χ1n) is 21.8. The molecule has 0 aliphatic carbocycles. The minimum atomic E-state index is -0.767. The minimum Gasteiger partial charge on any atom is -0.462 e. The van der Waals surface area contributed by atoms with Gasteiger partial charge in [-0.05, 0) is 51.4 Å². The number of rotatable bonds is 39. The fourth-order valence-electron chi connectivity index (χ4n) is 6.12. The Balaban J connectivity index is 4.33. The monoisotopic (exact) mass is 719 g/mol. The molecular formula is C45H82O6. The quantitative estimate of drug-likeness (QED) is 0.0272. The van der Waals surface area contributed by atoms with Gasteiger partial charge in [0.05, 0.1) is 0 Å². The van der Waals surface area contributed by atoms with Crippen LogP contribution in [0.2, 0.25) is 0 Å². The Hall–Kier alpha value is -2.11. The van der Waals surface area contributed by atoms with E-state index in [0.717, 1.165) is 77.0 Å². The first-order valence-corrected chi connectivity index (χ1v) is 21.8. The highest BCUT2D eigenvalue weighted by Gasteiger charge is 2.19. The van der Waals surface area contributed by atoms with E-state index in [1.165, 1.54) is 109 Å². The molecule has 0 spiro atoms. The first kappa shape index (κ1) is 48.9. The van der Waals surface area contributed by atoms with Gasteiger partial charge in [-0.1, -0.05) is 180 Å². The number of carbonyl (C=O) groups is 3. The van der Waals surface area contributed by atoms with E-state index in [1.54, 1.807) is 0 Å². The fourth-order valence-corrected chi connectivity index (χ4v) is 6.12. The summed E-state index contributed by atoms with van der Waals surface area (Å²) in [6.07, 6.45) is 43.0. The number of esters is 3. The highest BCUT2D eigenvalue weighted by molar-refractivity contribution is 5.71. The molecule has 0 aromatic carbocycles. The molecule has 0 aromatic rings. The molecule has 0 fully saturated rings. The highest BCUT2D eigenvalue weighted by Crippen LogP contribution is 2.14. The lowest BCUT2D eigenvalue weighted by atomic mass is 10.1. The third-order valence-electron chi connectivity index (χ3n) is 9.46. The molecule has 0 amide bonds. The summed E-state index contributed by atoms with van der Waals surface area (Å²) in [5.41, 5.74) is 0. The number of unbranched alkanes of at least 4 members (excludes halogenated alkanes) is 24. The van der Waals surface area contributed by atoms with E-state index in [-0.39, 0.29) is 31.1 Å². The van der Waals surface area contributed by atoms with Crippen molar-refractivity contribution in [3.63, 3.8) is 0 Å². The van der Waals surface area contributed by atoms with Crippen molar-refractivity contribution in [2.75, 3.05) is 13.2 Å². The third kappa shape index (κ3) is 38.9. The van der Waals surface area contributed by atoms with Crippen molar-refractivity contribution >= 4 is 17.9 Å². The van der Waals surface area contributed by atoms with Crippen LogP contribution in [0.5, 0.6) is 0 Å². The van der Waals surface area contributed by atoms with E-state index in [2.05, 4.69) is 45.1 Å². The van der Waals surface area contributed by atoms with Gasteiger partial charge in [0.1, 0.15) is 13.2 Å². The molecule has 0 N–H and O–H groups in total. The van der Waals surface area contributed by atoms with Gasteiger partial charge < -0.3 is 14.2 Å². The molecule has 1 atom stereocenters. The van der Waals surface area contributed by atoms with Gasteiger partial charge in [-0.15, -0.1) is 0 Å². The lowest BCUT2D eigenvalue weighted by Gasteiger charge is -2.18. The van der Waals surface area contributed by atoms with Crippen LogP contribution in [0.4, 0.5) is 0 Å². The maximum absolute atomic E-state index is 12.6. The van der Waals surface area contributed by atoms with E-state index in [9.17, 15) is 14.4 Å². The van der Waals surface area contributed by atoms with Gasteiger partial charge >= 0.3 is 17.9 Å². The van der Waals surface area contributed by atoms with Gasteiger partial charge in [0, 0.05) is 19.3 Å². The lowest BCUT2D eigenvalue weighted by molar-refractivity contribution is -0.167. The van der Waals surface area contributed by atoms with Crippen LogP contribution in [0.25, 0.3) is 0 Å².